The second kappa shape index (κ2) is 4.82. The molecule has 0 bridgehead atoms. The summed E-state index contributed by atoms with van der Waals surface area (Å²) in [5.74, 6) is 0. The summed E-state index contributed by atoms with van der Waals surface area (Å²) >= 11 is 0. The highest BCUT2D eigenvalue weighted by Crippen LogP contribution is 2.33. The Morgan fingerprint density at radius 3 is 2.17 bits per heavy atom. The van der Waals surface area contributed by atoms with Crippen LogP contribution < -0.4 is 5.73 Å². The number of alkyl halides is 3. The average Bonchev–Trinajstić information content (AvgIpc) is 2.38. The standard InChI is InChI=1S/C14H12F3N/c15-14(16,17)12-7-6-11(9-18)13(8-12)10-4-2-1-3-5-10/h1-8H,9,18H2. The van der Waals surface area contributed by atoms with Gasteiger partial charge < -0.3 is 5.73 Å². The van der Waals surface area contributed by atoms with E-state index >= 15 is 0 Å². The van der Waals surface area contributed by atoms with Gasteiger partial charge >= 0.3 is 6.18 Å². The quantitative estimate of drug-likeness (QED) is 0.862. The topological polar surface area (TPSA) is 26.0 Å². The smallest absolute Gasteiger partial charge is 0.326 e. The molecule has 0 aliphatic heterocycles. The van der Waals surface area contributed by atoms with Crippen LogP contribution in [-0.2, 0) is 12.7 Å². The van der Waals surface area contributed by atoms with Gasteiger partial charge in [0.05, 0.1) is 5.56 Å². The lowest BCUT2D eigenvalue weighted by molar-refractivity contribution is -0.137. The molecule has 0 amide bonds. The Hall–Kier alpha value is -1.81. The van der Waals surface area contributed by atoms with Gasteiger partial charge in [-0.1, -0.05) is 36.4 Å². The number of hydrogen-bond donors (Lipinski definition) is 1. The van der Waals surface area contributed by atoms with E-state index in [4.69, 9.17) is 5.73 Å². The van der Waals surface area contributed by atoms with Crippen LogP contribution in [0.25, 0.3) is 11.1 Å². The van der Waals surface area contributed by atoms with Crippen molar-refractivity contribution in [2.24, 2.45) is 5.73 Å². The molecule has 0 spiro atoms. The molecule has 0 radical (unpaired) electrons. The summed E-state index contributed by atoms with van der Waals surface area (Å²) in [5.41, 5.74) is 6.89. The summed E-state index contributed by atoms with van der Waals surface area (Å²) in [5, 5.41) is 0. The maximum absolute atomic E-state index is 12.7. The normalized spacial score (nSPS) is 11.6. The summed E-state index contributed by atoms with van der Waals surface area (Å²) in [6, 6.07) is 12.6. The maximum atomic E-state index is 12.7. The van der Waals surface area contributed by atoms with Crippen LogP contribution in [-0.4, -0.2) is 0 Å². The Kier molecular flexibility index (Phi) is 3.39. The van der Waals surface area contributed by atoms with Crippen molar-refractivity contribution in [1.82, 2.24) is 0 Å². The number of hydrogen-bond acceptors (Lipinski definition) is 1. The molecule has 0 heterocycles. The fourth-order valence-electron chi connectivity index (χ4n) is 1.82. The zero-order chi connectivity index (χ0) is 13.2. The molecule has 0 aliphatic rings. The Balaban J connectivity index is 2.57. The second-order valence-corrected chi connectivity index (χ2v) is 3.94. The highest BCUT2D eigenvalue weighted by Gasteiger charge is 2.30. The number of benzene rings is 2. The van der Waals surface area contributed by atoms with E-state index in [1.807, 2.05) is 6.07 Å². The first-order chi connectivity index (χ1) is 8.52. The molecule has 0 atom stereocenters. The van der Waals surface area contributed by atoms with Gasteiger partial charge in [0.2, 0.25) is 0 Å². The lowest BCUT2D eigenvalue weighted by Gasteiger charge is -2.12. The Morgan fingerprint density at radius 1 is 0.944 bits per heavy atom. The minimum absolute atomic E-state index is 0.211. The van der Waals surface area contributed by atoms with Crippen LogP contribution in [0.5, 0.6) is 0 Å². The van der Waals surface area contributed by atoms with E-state index in [-0.39, 0.29) is 6.54 Å². The lowest BCUT2D eigenvalue weighted by Crippen LogP contribution is -2.07. The van der Waals surface area contributed by atoms with E-state index in [2.05, 4.69) is 0 Å². The average molecular weight is 251 g/mol. The van der Waals surface area contributed by atoms with Gasteiger partial charge in [-0.2, -0.15) is 13.2 Å². The molecule has 0 unspecified atom stereocenters. The van der Waals surface area contributed by atoms with Crippen molar-refractivity contribution >= 4 is 0 Å². The molecule has 0 fully saturated rings. The Morgan fingerprint density at radius 2 is 1.61 bits per heavy atom. The zero-order valence-corrected chi connectivity index (χ0v) is 9.54. The van der Waals surface area contributed by atoms with Crippen LogP contribution in [0.1, 0.15) is 11.1 Å². The van der Waals surface area contributed by atoms with Crippen LogP contribution >= 0.6 is 0 Å². The fraction of sp³-hybridized carbons (Fsp3) is 0.143. The van der Waals surface area contributed by atoms with E-state index in [1.165, 1.54) is 6.07 Å². The number of halogens is 3. The van der Waals surface area contributed by atoms with Crippen molar-refractivity contribution < 1.29 is 13.2 Å². The van der Waals surface area contributed by atoms with Crippen molar-refractivity contribution in [3.8, 4) is 11.1 Å². The Bertz CT molecular complexity index is 532. The van der Waals surface area contributed by atoms with Gasteiger partial charge in [0.15, 0.2) is 0 Å². The molecular formula is C14H12F3N. The highest BCUT2D eigenvalue weighted by atomic mass is 19.4. The van der Waals surface area contributed by atoms with Gasteiger partial charge in [-0.15, -0.1) is 0 Å². The van der Waals surface area contributed by atoms with Crippen molar-refractivity contribution in [3.63, 3.8) is 0 Å². The van der Waals surface area contributed by atoms with Crippen LogP contribution in [0.4, 0.5) is 13.2 Å². The van der Waals surface area contributed by atoms with E-state index in [0.29, 0.717) is 11.1 Å². The van der Waals surface area contributed by atoms with Crippen LogP contribution in [0, 0.1) is 0 Å². The lowest BCUT2D eigenvalue weighted by atomic mass is 9.97. The molecule has 0 saturated heterocycles. The molecule has 0 aliphatic carbocycles. The molecular weight excluding hydrogens is 239 g/mol. The molecule has 4 heteroatoms. The van der Waals surface area contributed by atoms with Crippen LogP contribution in [0.15, 0.2) is 48.5 Å². The fourth-order valence-corrected chi connectivity index (χ4v) is 1.82. The Labute approximate surface area is 103 Å². The number of nitrogens with two attached hydrogens (primary N) is 1. The van der Waals surface area contributed by atoms with Gasteiger partial charge in [-0.25, -0.2) is 0 Å². The van der Waals surface area contributed by atoms with Gasteiger partial charge in [0, 0.05) is 6.54 Å². The van der Waals surface area contributed by atoms with Crippen molar-refractivity contribution in [1.29, 1.82) is 0 Å². The number of rotatable bonds is 2. The molecule has 1 nitrogen and oxygen atoms in total. The summed E-state index contributed by atoms with van der Waals surface area (Å²) < 4.78 is 38.1. The van der Waals surface area contributed by atoms with Crippen molar-refractivity contribution in [2.75, 3.05) is 0 Å². The van der Waals surface area contributed by atoms with E-state index in [9.17, 15) is 13.2 Å². The third-order valence-electron chi connectivity index (χ3n) is 2.74. The molecule has 0 aromatic heterocycles. The first kappa shape index (κ1) is 12.6. The molecule has 2 rings (SSSR count). The van der Waals surface area contributed by atoms with Gasteiger partial charge in [0.25, 0.3) is 0 Å². The molecule has 0 saturated carbocycles. The third kappa shape index (κ3) is 2.54. The largest absolute Gasteiger partial charge is 0.416 e. The predicted molar refractivity (Wildman–Crippen MR) is 64.8 cm³/mol. The van der Waals surface area contributed by atoms with Crippen molar-refractivity contribution in [2.45, 2.75) is 12.7 Å². The third-order valence-corrected chi connectivity index (χ3v) is 2.74. The van der Waals surface area contributed by atoms with Crippen LogP contribution in [0.3, 0.4) is 0 Å². The first-order valence-electron chi connectivity index (χ1n) is 5.48. The monoisotopic (exact) mass is 251 g/mol. The molecule has 2 aromatic carbocycles. The molecule has 94 valence electrons. The maximum Gasteiger partial charge on any atom is 0.416 e. The van der Waals surface area contributed by atoms with E-state index in [1.54, 1.807) is 24.3 Å². The van der Waals surface area contributed by atoms with Gasteiger partial charge in [0.1, 0.15) is 0 Å². The molecule has 18 heavy (non-hydrogen) atoms. The summed E-state index contributed by atoms with van der Waals surface area (Å²) in [4.78, 5) is 0. The SMILES string of the molecule is NCc1ccc(C(F)(F)F)cc1-c1ccccc1. The van der Waals surface area contributed by atoms with E-state index < -0.39 is 11.7 Å². The van der Waals surface area contributed by atoms with Crippen LogP contribution in [0.2, 0.25) is 0 Å². The zero-order valence-electron chi connectivity index (χ0n) is 9.54. The highest BCUT2D eigenvalue weighted by molar-refractivity contribution is 5.68. The summed E-state index contributed by atoms with van der Waals surface area (Å²) in [7, 11) is 0. The minimum atomic E-state index is -4.34. The van der Waals surface area contributed by atoms with E-state index in [0.717, 1.165) is 17.7 Å². The molecule has 2 N–H and O–H groups in total. The minimum Gasteiger partial charge on any atom is -0.326 e. The summed E-state index contributed by atoms with van der Waals surface area (Å²) in [6.07, 6.45) is -4.34. The second-order valence-electron chi connectivity index (χ2n) is 3.94. The first-order valence-corrected chi connectivity index (χ1v) is 5.48. The predicted octanol–water partition coefficient (Wildman–Crippen LogP) is 3.83. The van der Waals surface area contributed by atoms with Crippen molar-refractivity contribution in [3.05, 3.63) is 59.7 Å². The summed E-state index contributed by atoms with van der Waals surface area (Å²) in [6.45, 7) is 0.211. The van der Waals surface area contributed by atoms with Gasteiger partial charge in [-0.3, -0.25) is 0 Å². The van der Waals surface area contributed by atoms with Gasteiger partial charge in [-0.05, 0) is 28.8 Å². The molecule has 2 aromatic rings.